The third kappa shape index (κ3) is 7.24. The second kappa shape index (κ2) is 11.0. The maximum atomic E-state index is 11.9. The molecule has 2 unspecified atom stereocenters. The van der Waals surface area contributed by atoms with Gasteiger partial charge in [0.1, 0.15) is 6.54 Å². The predicted octanol–water partition coefficient (Wildman–Crippen LogP) is 2.30. The molecule has 7 heteroatoms. The molecule has 1 aromatic rings. The summed E-state index contributed by atoms with van der Waals surface area (Å²) in [5.41, 5.74) is 1.37. The van der Waals surface area contributed by atoms with E-state index in [0.717, 1.165) is 38.4 Å². The Kier molecular flexibility index (Phi) is 9.01. The molecule has 156 valence electrons. The SMILES string of the molecule is CC1CC1NC(=NCC(=O)N(C)C)NC1CCN(Cc2ccccc2)CC1.I. The number of likely N-dealkylation sites (tertiary alicyclic amines) is 1. The maximum Gasteiger partial charge on any atom is 0.243 e. The minimum Gasteiger partial charge on any atom is -0.354 e. The molecule has 1 aromatic carbocycles. The van der Waals surface area contributed by atoms with Crippen LogP contribution in [-0.2, 0) is 11.3 Å². The van der Waals surface area contributed by atoms with E-state index in [9.17, 15) is 4.79 Å². The van der Waals surface area contributed by atoms with Gasteiger partial charge in [-0.2, -0.15) is 0 Å². The molecule has 2 atom stereocenters. The number of benzene rings is 1. The van der Waals surface area contributed by atoms with Crippen molar-refractivity contribution in [2.24, 2.45) is 10.9 Å². The molecule has 0 radical (unpaired) electrons. The van der Waals surface area contributed by atoms with Gasteiger partial charge in [0.05, 0.1) is 0 Å². The van der Waals surface area contributed by atoms with Crippen LogP contribution in [-0.4, -0.2) is 67.5 Å². The van der Waals surface area contributed by atoms with Crippen molar-refractivity contribution >= 4 is 35.8 Å². The predicted molar refractivity (Wildman–Crippen MR) is 125 cm³/mol. The minimum atomic E-state index is 0. The highest BCUT2D eigenvalue weighted by Gasteiger charge is 2.33. The molecule has 1 amide bonds. The Balaban J connectivity index is 0.00000280. The highest BCUT2D eigenvalue weighted by atomic mass is 127. The number of nitrogens with zero attached hydrogens (tertiary/aromatic N) is 3. The molecule has 0 spiro atoms. The number of hydrogen-bond donors (Lipinski definition) is 2. The molecule has 2 N–H and O–H groups in total. The van der Waals surface area contributed by atoms with Gasteiger partial charge in [-0.1, -0.05) is 37.3 Å². The average Bonchev–Trinajstić information content (AvgIpc) is 3.36. The monoisotopic (exact) mass is 499 g/mol. The summed E-state index contributed by atoms with van der Waals surface area (Å²) in [5, 5.41) is 7.06. The molecule has 3 rings (SSSR count). The van der Waals surface area contributed by atoms with Gasteiger partial charge in [-0.15, -0.1) is 24.0 Å². The molecule has 2 fully saturated rings. The zero-order chi connectivity index (χ0) is 19.2. The van der Waals surface area contributed by atoms with E-state index in [4.69, 9.17) is 0 Å². The smallest absolute Gasteiger partial charge is 0.243 e. The molecule has 0 aromatic heterocycles. The zero-order valence-corrected chi connectivity index (χ0v) is 19.6. The summed E-state index contributed by atoms with van der Waals surface area (Å²) in [4.78, 5) is 20.5. The van der Waals surface area contributed by atoms with Crippen molar-refractivity contribution in [3.05, 3.63) is 35.9 Å². The van der Waals surface area contributed by atoms with E-state index < -0.39 is 0 Å². The van der Waals surface area contributed by atoms with Crippen LogP contribution in [0.5, 0.6) is 0 Å². The van der Waals surface area contributed by atoms with Gasteiger partial charge in [0.25, 0.3) is 0 Å². The average molecular weight is 499 g/mol. The lowest BCUT2D eigenvalue weighted by Crippen LogP contribution is -2.49. The van der Waals surface area contributed by atoms with Crippen LogP contribution in [0, 0.1) is 5.92 Å². The van der Waals surface area contributed by atoms with Crippen molar-refractivity contribution in [3.8, 4) is 0 Å². The topological polar surface area (TPSA) is 60.0 Å². The number of amides is 1. The number of halogens is 1. The Bertz CT molecular complexity index is 643. The molecule has 28 heavy (non-hydrogen) atoms. The quantitative estimate of drug-likeness (QED) is 0.359. The molecular weight excluding hydrogens is 465 g/mol. The van der Waals surface area contributed by atoms with Crippen LogP contribution < -0.4 is 10.6 Å². The third-order valence-electron chi connectivity index (χ3n) is 5.48. The van der Waals surface area contributed by atoms with E-state index >= 15 is 0 Å². The number of piperidine rings is 1. The fraction of sp³-hybridized carbons (Fsp3) is 0.619. The molecule has 0 bridgehead atoms. The lowest BCUT2D eigenvalue weighted by Gasteiger charge is -2.33. The first kappa shape index (κ1) is 22.9. The second-order valence-corrected chi connectivity index (χ2v) is 8.10. The van der Waals surface area contributed by atoms with Gasteiger partial charge in [0.2, 0.25) is 5.91 Å². The molecule has 2 aliphatic rings. The second-order valence-electron chi connectivity index (χ2n) is 8.10. The summed E-state index contributed by atoms with van der Waals surface area (Å²) in [5.74, 6) is 1.51. The normalized spacial score (nSPS) is 22.9. The first-order chi connectivity index (χ1) is 13.0. The molecule has 1 saturated heterocycles. The van der Waals surface area contributed by atoms with E-state index in [1.54, 1.807) is 19.0 Å². The van der Waals surface area contributed by atoms with Gasteiger partial charge < -0.3 is 15.5 Å². The third-order valence-corrected chi connectivity index (χ3v) is 5.48. The highest BCUT2D eigenvalue weighted by molar-refractivity contribution is 14.0. The van der Waals surface area contributed by atoms with Crippen molar-refractivity contribution in [2.45, 2.75) is 44.8 Å². The van der Waals surface area contributed by atoms with Crippen molar-refractivity contribution in [2.75, 3.05) is 33.7 Å². The van der Waals surface area contributed by atoms with Gasteiger partial charge in [-0.05, 0) is 30.7 Å². The summed E-state index contributed by atoms with van der Waals surface area (Å²) in [6.07, 6.45) is 3.36. The molecule has 1 heterocycles. The van der Waals surface area contributed by atoms with Gasteiger partial charge in [0.15, 0.2) is 5.96 Å². The molecule has 1 aliphatic carbocycles. The molecule has 1 saturated carbocycles. The van der Waals surface area contributed by atoms with E-state index in [1.807, 2.05) is 0 Å². The van der Waals surface area contributed by atoms with E-state index in [-0.39, 0.29) is 36.4 Å². The Hall–Kier alpha value is -1.35. The minimum absolute atomic E-state index is 0. The van der Waals surface area contributed by atoms with Crippen LogP contribution in [0.15, 0.2) is 35.3 Å². The van der Waals surface area contributed by atoms with Gasteiger partial charge in [0, 0.05) is 45.8 Å². The van der Waals surface area contributed by atoms with Crippen LogP contribution in [0.3, 0.4) is 0 Å². The zero-order valence-electron chi connectivity index (χ0n) is 17.2. The van der Waals surface area contributed by atoms with E-state index in [1.165, 1.54) is 12.0 Å². The van der Waals surface area contributed by atoms with Crippen molar-refractivity contribution in [3.63, 3.8) is 0 Å². The lowest BCUT2D eigenvalue weighted by atomic mass is 10.0. The van der Waals surface area contributed by atoms with Gasteiger partial charge in [-0.25, -0.2) is 4.99 Å². The Labute approximate surface area is 186 Å². The van der Waals surface area contributed by atoms with Crippen LogP contribution >= 0.6 is 24.0 Å². The number of carbonyl (C=O) groups excluding carboxylic acids is 1. The van der Waals surface area contributed by atoms with Crippen molar-refractivity contribution in [1.82, 2.24) is 20.4 Å². The molecular formula is C21H34IN5O. The summed E-state index contributed by atoms with van der Waals surface area (Å²) >= 11 is 0. The number of rotatable bonds is 6. The highest BCUT2D eigenvalue weighted by Crippen LogP contribution is 2.28. The lowest BCUT2D eigenvalue weighted by molar-refractivity contribution is -0.127. The van der Waals surface area contributed by atoms with E-state index in [2.05, 4.69) is 57.8 Å². The summed E-state index contributed by atoms with van der Waals surface area (Å²) < 4.78 is 0. The summed E-state index contributed by atoms with van der Waals surface area (Å²) in [6.45, 7) is 5.61. The summed E-state index contributed by atoms with van der Waals surface area (Å²) in [6, 6.07) is 11.6. The number of likely N-dealkylation sites (N-methyl/N-ethyl adjacent to an activating group) is 1. The standard InChI is InChI=1S/C21H33N5O.HI/c1-16-13-19(16)24-21(22-14-20(27)25(2)3)23-18-9-11-26(12-10-18)15-17-7-5-4-6-8-17;/h4-8,16,18-19H,9-15H2,1-3H3,(H2,22,23,24);1H. The summed E-state index contributed by atoms with van der Waals surface area (Å²) in [7, 11) is 3.54. The number of nitrogens with one attached hydrogen (secondary N) is 2. The van der Waals surface area contributed by atoms with Crippen LogP contribution in [0.2, 0.25) is 0 Å². The van der Waals surface area contributed by atoms with Gasteiger partial charge >= 0.3 is 0 Å². The first-order valence-electron chi connectivity index (χ1n) is 10.0. The fourth-order valence-corrected chi connectivity index (χ4v) is 3.39. The van der Waals surface area contributed by atoms with Crippen molar-refractivity contribution < 1.29 is 4.79 Å². The number of hydrogen-bond acceptors (Lipinski definition) is 3. The Morgan fingerprint density at radius 1 is 1.18 bits per heavy atom. The number of guanidine groups is 1. The van der Waals surface area contributed by atoms with Crippen LogP contribution in [0.1, 0.15) is 31.7 Å². The van der Waals surface area contributed by atoms with Crippen LogP contribution in [0.25, 0.3) is 0 Å². The Morgan fingerprint density at radius 2 is 1.82 bits per heavy atom. The Morgan fingerprint density at radius 3 is 2.39 bits per heavy atom. The maximum absolute atomic E-state index is 11.9. The number of carbonyl (C=O) groups is 1. The van der Waals surface area contributed by atoms with Crippen LogP contribution in [0.4, 0.5) is 0 Å². The fourth-order valence-electron chi connectivity index (χ4n) is 3.39. The molecule has 6 nitrogen and oxygen atoms in total. The number of aliphatic imine (C=N–C) groups is 1. The first-order valence-corrected chi connectivity index (χ1v) is 10.0. The van der Waals surface area contributed by atoms with Crippen molar-refractivity contribution in [1.29, 1.82) is 0 Å². The van der Waals surface area contributed by atoms with E-state index in [0.29, 0.717) is 18.0 Å². The molecule has 1 aliphatic heterocycles. The van der Waals surface area contributed by atoms with Gasteiger partial charge in [-0.3, -0.25) is 9.69 Å². The largest absolute Gasteiger partial charge is 0.354 e.